The zero-order valence-corrected chi connectivity index (χ0v) is 10.0. The van der Waals surface area contributed by atoms with Gasteiger partial charge in [0.15, 0.2) is 5.82 Å². The quantitative estimate of drug-likeness (QED) is 0.812. The van der Waals surface area contributed by atoms with Crippen LogP contribution < -0.4 is 10.6 Å². The van der Waals surface area contributed by atoms with Crippen LogP contribution in [0.5, 0.6) is 0 Å². The Morgan fingerprint density at radius 3 is 2.20 bits per heavy atom. The fourth-order valence-electron chi connectivity index (χ4n) is 1.67. The van der Waals surface area contributed by atoms with Crippen molar-refractivity contribution in [2.24, 2.45) is 5.73 Å². The zero-order valence-electron chi connectivity index (χ0n) is 10.0. The van der Waals surface area contributed by atoms with Crippen molar-refractivity contribution in [3.05, 3.63) is 16.8 Å². The lowest BCUT2D eigenvalue weighted by atomic mass is 10.1. The summed E-state index contributed by atoms with van der Waals surface area (Å²) in [6.45, 7) is 10.6. The Balaban J connectivity index is 3.23. The van der Waals surface area contributed by atoms with E-state index in [2.05, 4.69) is 35.9 Å². The van der Waals surface area contributed by atoms with Crippen molar-refractivity contribution in [3.63, 3.8) is 0 Å². The molecule has 0 aliphatic heterocycles. The van der Waals surface area contributed by atoms with Crippen LogP contribution in [0, 0.1) is 13.8 Å². The highest BCUT2D eigenvalue weighted by Crippen LogP contribution is 2.21. The molecule has 1 aromatic rings. The van der Waals surface area contributed by atoms with Gasteiger partial charge in [-0.2, -0.15) is 5.10 Å². The number of rotatable bonds is 4. The van der Waals surface area contributed by atoms with Crippen LogP contribution in [0.4, 0.5) is 5.82 Å². The maximum Gasteiger partial charge on any atom is 0.156 e. The monoisotopic (exact) mass is 208 g/mol. The number of anilines is 1. The van der Waals surface area contributed by atoms with Gasteiger partial charge in [0.25, 0.3) is 0 Å². The summed E-state index contributed by atoms with van der Waals surface area (Å²) in [5.41, 5.74) is 9.02. The van der Waals surface area contributed by atoms with E-state index in [1.807, 2.05) is 6.92 Å². The molecule has 1 heterocycles. The van der Waals surface area contributed by atoms with Gasteiger partial charge in [-0.25, -0.2) is 0 Å². The van der Waals surface area contributed by atoms with Gasteiger partial charge < -0.3 is 10.6 Å². The minimum atomic E-state index is 0.522. The van der Waals surface area contributed by atoms with Crippen molar-refractivity contribution in [1.82, 2.24) is 10.2 Å². The molecule has 84 valence electrons. The molecule has 0 aromatic carbocycles. The molecule has 0 spiro atoms. The molecule has 4 heteroatoms. The van der Waals surface area contributed by atoms with Crippen LogP contribution in [0.1, 0.15) is 30.7 Å². The third-order valence-corrected chi connectivity index (χ3v) is 2.83. The SMILES string of the molecule is CCN(CC)c1nnc(C)c(C)c1CN. The summed E-state index contributed by atoms with van der Waals surface area (Å²) in [4.78, 5) is 2.18. The Morgan fingerprint density at radius 1 is 1.13 bits per heavy atom. The van der Waals surface area contributed by atoms with E-state index < -0.39 is 0 Å². The van der Waals surface area contributed by atoms with Crippen LogP contribution in [-0.2, 0) is 6.54 Å². The molecule has 0 fully saturated rings. The van der Waals surface area contributed by atoms with E-state index in [9.17, 15) is 0 Å². The third-order valence-electron chi connectivity index (χ3n) is 2.83. The Bertz CT molecular complexity index is 332. The Morgan fingerprint density at radius 2 is 1.73 bits per heavy atom. The van der Waals surface area contributed by atoms with E-state index in [4.69, 9.17) is 5.73 Å². The Hall–Kier alpha value is -1.16. The second-order valence-corrected chi connectivity index (χ2v) is 3.59. The molecule has 0 saturated carbocycles. The van der Waals surface area contributed by atoms with Crippen LogP contribution in [0.2, 0.25) is 0 Å². The van der Waals surface area contributed by atoms with Crippen molar-refractivity contribution >= 4 is 5.82 Å². The van der Waals surface area contributed by atoms with Crippen molar-refractivity contribution in [2.75, 3.05) is 18.0 Å². The lowest BCUT2D eigenvalue weighted by Gasteiger charge is -2.23. The van der Waals surface area contributed by atoms with Gasteiger partial charge in [-0.3, -0.25) is 0 Å². The summed E-state index contributed by atoms with van der Waals surface area (Å²) in [5.74, 6) is 0.936. The predicted octanol–water partition coefficient (Wildman–Crippen LogP) is 1.40. The van der Waals surface area contributed by atoms with Gasteiger partial charge in [0, 0.05) is 25.2 Å². The fourth-order valence-corrected chi connectivity index (χ4v) is 1.67. The maximum atomic E-state index is 5.77. The van der Waals surface area contributed by atoms with E-state index in [0.29, 0.717) is 6.54 Å². The standard InChI is InChI=1S/C11H20N4/c1-5-15(6-2)11-10(7-12)8(3)9(4)13-14-11/h5-7,12H2,1-4H3. The topological polar surface area (TPSA) is 55.0 Å². The molecule has 0 aliphatic rings. The summed E-state index contributed by atoms with van der Waals surface area (Å²) < 4.78 is 0. The van der Waals surface area contributed by atoms with Gasteiger partial charge in [0.05, 0.1) is 5.69 Å². The third kappa shape index (κ3) is 2.26. The van der Waals surface area contributed by atoms with E-state index in [-0.39, 0.29) is 0 Å². The highest BCUT2D eigenvalue weighted by Gasteiger charge is 2.13. The summed E-state index contributed by atoms with van der Waals surface area (Å²) >= 11 is 0. The molecule has 0 aliphatic carbocycles. The largest absolute Gasteiger partial charge is 0.355 e. The number of aromatic nitrogens is 2. The average Bonchev–Trinajstić information content (AvgIpc) is 2.25. The molecular weight excluding hydrogens is 188 g/mol. The van der Waals surface area contributed by atoms with Gasteiger partial charge >= 0.3 is 0 Å². The summed E-state index contributed by atoms with van der Waals surface area (Å²) in [6, 6.07) is 0. The van der Waals surface area contributed by atoms with Crippen LogP contribution in [0.15, 0.2) is 0 Å². The highest BCUT2D eigenvalue weighted by atomic mass is 15.3. The van der Waals surface area contributed by atoms with Gasteiger partial charge in [-0.05, 0) is 33.3 Å². The number of aryl methyl sites for hydroxylation is 1. The predicted molar refractivity (Wildman–Crippen MR) is 63.0 cm³/mol. The molecule has 2 N–H and O–H groups in total. The Labute approximate surface area is 91.5 Å². The number of hydrogen-bond acceptors (Lipinski definition) is 4. The van der Waals surface area contributed by atoms with Crippen LogP contribution in [0.3, 0.4) is 0 Å². The average molecular weight is 208 g/mol. The first-order valence-electron chi connectivity index (χ1n) is 5.43. The van der Waals surface area contributed by atoms with Gasteiger partial charge in [0.2, 0.25) is 0 Å². The molecule has 0 atom stereocenters. The molecule has 0 radical (unpaired) electrons. The first-order valence-corrected chi connectivity index (χ1v) is 5.43. The Kier molecular flexibility index (Phi) is 4.03. The molecule has 0 amide bonds. The molecule has 1 aromatic heterocycles. The number of nitrogens with zero attached hydrogens (tertiary/aromatic N) is 3. The highest BCUT2D eigenvalue weighted by molar-refractivity contribution is 5.50. The van der Waals surface area contributed by atoms with Crippen LogP contribution in [-0.4, -0.2) is 23.3 Å². The summed E-state index contributed by atoms with van der Waals surface area (Å²) in [7, 11) is 0. The summed E-state index contributed by atoms with van der Waals surface area (Å²) in [5, 5.41) is 8.40. The van der Waals surface area contributed by atoms with E-state index in [1.165, 1.54) is 0 Å². The molecule has 4 nitrogen and oxygen atoms in total. The van der Waals surface area contributed by atoms with Crippen molar-refractivity contribution in [1.29, 1.82) is 0 Å². The van der Waals surface area contributed by atoms with E-state index >= 15 is 0 Å². The van der Waals surface area contributed by atoms with Crippen molar-refractivity contribution < 1.29 is 0 Å². The summed E-state index contributed by atoms with van der Waals surface area (Å²) in [6.07, 6.45) is 0. The number of nitrogens with two attached hydrogens (primary N) is 1. The minimum Gasteiger partial charge on any atom is -0.355 e. The van der Waals surface area contributed by atoms with Crippen molar-refractivity contribution in [3.8, 4) is 0 Å². The van der Waals surface area contributed by atoms with Gasteiger partial charge in [0.1, 0.15) is 0 Å². The van der Waals surface area contributed by atoms with Crippen LogP contribution >= 0.6 is 0 Å². The minimum absolute atomic E-state index is 0.522. The zero-order chi connectivity index (χ0) is 11.4. The maximum absolute atomic E-state index is 5.77. The molecule has 15 heavy (non-hydrogen) atoms. The molecule has 0 saturated heterocycles. The molecule has 0 bridgehead atoms. The first-order chi connectivity index (χ1) is 7.15. The normalized spacial score (nSPS) is 10.5. The molecule has 1 rings (SSSR count). The van der Waals surface area contributed by atoms with E-state index in [1.54, 1.807) is 0 Å². The molecule has 0 unspecified atom stereocenters. The fraction of sp³-hybridized carbons (Fsp3) is 0.636. The number of hydrogen-bond donors (Lipinski definition) is 1. The second kappa shape index (κ2) is 5.07. The van der Waals surface area contributed by atoms with Gasteiger partial charge in [-0.15, -0.1) is 5.10 Å². The second-order valence-electron chi connectivity index (χ2n) is 3.59. The van der Waals surface area contributed by atoms with Crippen molar-refractivity contribution in [2.45, 2.75) is 34.2 Å². The lowest BCUT2D eigenvalue weighted by molar-refractivity contribution is 0.794. The lowest BCUT2D eigenvalue weighted by Crippen LogP contribution is -2.26. The van der Waals surface area contributed by atoms with Gasteiger partial charge in [-0.1, -0.05) is 0 Å². The molecular formula is C11H20N4. The van der Waals surface area contributed by atoms with E-state index in [0.717, 1.165) is 35.7 Å². The first kappa shape index (κ1) is 11.9. The smallest absolute Gasteiger partial charge is 0.156 e. The van der Waals surface area contributed by atoms with Crippen LogP contribution in [0.25, 0.3) is 0 Å².